The fourth-order valence-corrected chi connectivity index (χ4v) is 3.31. The number of carboxylic acids is 1. The van der Waals surface area contributed by atoms with Crippen molar-refractivity contribution in [3.63, 3.8) is 0 Å². The van der Waals surface area contributed by atoms with Crippen LogP contribution in [0.1, 0.15) is 73.8 Å². The highest BCUT2D eigenvalue weighted by Crippen LogP contribution is 2.37. The fourth-order valence-electron chi connectivity index (χ4n) is 3.31. The summed E-state index contributed by atoms with van der Waals surface area (Å²) in [6.45, 7) is 14.8. The van der Waals surface area contributed by atoms with Crippen LogP contribution < -0.4 is 15.2 Å². The molecule has 0 radical (unpaired) electrons. The first-order chi connectivity index (χ1) is 17.3. The van der Waals surface area contributed by atoms with E-state index in [4.69, 9.17) is 34.2 Å². The molecule has 4 atom stereocenters. The summed E-state index contributed by atoms with van der Waals surface area (Å²) in [7, 11) is 0. The van der Waals surface area contributed by atoms with Crippen molar-refractivity contribution >= 4 is 24.4 Å². The minimum atomic E-state index is -1.44. The number of benzene rings is 1. The second-order valence-corrected chi connectivity index (χ2v) is 10.6. The van der Waals surface area contributed by atoms with E-state index in [1.54, 1.807) is 62.3 Å². The van der Waals surface area contributed by atoms with Crippen molar-refractivity contribution in [1.29, 1.82) is 0 Å². The zero-order valence-corrected chi connectivity index (χ0v) is 23.4. The first-order valence-corrected chi connectivity index (χ1v) is 12.1. The monoisotopic (exact) mass is 541 g/mol. The molecule has 0 spiro atoms. The van der Waals surface area contributed by atoms with Crippen LogP contribution in [0.4, 0.5) is 14.4 Å². The third-order valence-corrected chi connectivity index (χ3v) is 5.04. The van der Waals surface area contributed by atoms with Crippen molar-refractivity contribution in [3.05, 3.63) is 23.8 Å². The van der Waals surface area contributed by atoms with Crippen molar-refractivity contribution in [2.45, 2.75) is 91.6 Å². The van der Waals surface area contributed by atoms with Gasteiger partial charge in [0.1, 0.15) is 23.3 Å². The molecular weight excluding hydrogens is 502 g/mol. The topological polar surface area (TPSA) is 170 Å². The molecule has 0 aliphatic rings. The molecule has 214 valence electrons. The van der Waals surface area contributed by atoms with Gasteiger partial charge in [0.05, 0.1) is 6.61 Å². The van der Waals surface area contributed by atoms with Crippen molar-refractivity contribution in [3.8, 4) is 11.5 Å². The number of ether oxygens (including phenoxy) is 6. The van der Waals surface area contributed by atoms with E-state index < -0.39 is 59.6 Å². The number of aliphatic carboxylic acids is 1. The number of carboxylic acid groups (broad SMARTS) is 1. The molecule has 12 heteroatoms. The summed E-state index contributed by atoms with van der Waals surface area (Å²) in [6, 6.07) is 2.64. The van der Waals surface area contributed by atoms with Crippen LogP contribution in [-0.4, -0.2) is 59.5 Å². The van der Waals surface area contributed by atoms with Gasteiger partial charge in [0.15, 0.2) is 11.5 Å². The molecule has 1 aromatic rings. The summed E-state index contributed by atoms with van der Waals surface area (Å²) in [6.07, 6.45) is -3.86. The first kappa shape index (κ1) is 32.5. The first-order valence-electron chi connectivity index (χ1n) is 12.1. The zero-order chi connectivity index (χ0) is 29.4. The Kier molecular flexibility index (Phi) is 11.4. The summed E-state index contributed by atoms with van der Waals surface area (Å²) in [5.41, 5.74) is 4.60. The normalized spacial score (nSPS) is 14.8. The highest BCUT2D eigenvalue weighted by atomic mass is 16.8. The Hall–Kier alpha value is -3.54. The van der Waals surface area contributed by atoms with Crippen LogP contribution in [0.2, 0.25) is 0 Å². The molecule has 0 aromatic heterocycles. The van der Waals surface area contributed by atoms with Gasteiger partial charge < -0.3 is 39.3 Å². The zero-order valence-electron chi connectivity index (χ0n) is 23.4. The van der Waals surface area contributed by atoms with Gasteiger partial charge in [0, 0.05) is 11.8 Å². The second kappa shape index (κ2) is 13.3. The van der Waals surface area contributed by atoms with Gasteiger partial charge in [-0.25, -0.2) is 14.4 Å². The Morgan fingerprint density at radius 3 is 1.82 bits per heavy atom. The van der Waals surface area contributed by atoms with Crippen molar-refractivity contribution in [2.24, 2.45) is 11.7 Å². The number of hydrogen-bond acceptors (Lipinski definition) is 11. The van der Waals surface area contributed by atoms with Gasteiger partial charge in [0.2, 0.25) is 0 Å². The average molecular weight is 542 g/mol. The molecule has 3 unspecified atom stereocenters. The molecule has 0 saturated carbocycles. The molecule has 1 aromatic carbocycles. The van der Waals surface area contributed by atoms with Crippen LogP contribution in [0.15, 0.2) is 18.2 Å². The van der Waals surface area contributed by atoms with Crippen LogP contribution in [0.25, 0.3) is 0 Å². The minimum Gasteiger partial charge on any atom is -0.480 e. The van der Waals surface area contributed by atoms with Crippen molar-refractivity contribution < 1.29 is 52.7 Å². The van der Waals surface area contributed by atoms with E-state index in [1.807, 2.05) is 0 Å². The Morgan fingerprint density at radius 1 is 0.868 bits per heavy atom. The molecule has 0 aliphatic carbocycles. The molecule has 12 nitrogen and oxygen atoms in total. The maximum absolute atomic E-state index is 12.4. The van der Waals surface area contributed by atoms with Gasteiger partial charge in [-0.05, 0) is 73.1 Å². The largest absolute Gasteiger partial charge is 0.514 e. The van der Waals surface area contributed by atoms with Gasteiger partial charge in [0.25, 0.3) is 0 Å². The Labute approximate surface area is 222 Å². The van der Waals surface area contributed by atoms with Crippen LogP contribution in [0, 0.1) is 5.92 Å². The van der Waals surface area contributed by atoms with Gasteiger partial charge in [-0.2, -0.15) is 0 Å². The molecule has 0 fully saturated rings. The van der Waals surface area contributed by atoms with Gasteiger partial charge >= 0.3 is 24.4 Å². The number of carbonyl (C=O) groups excluding carboxylic acids is 3. The predicted octanol–water partition coefficient (Wildman–Crippen LogP) is 5.01. The Morgan fingerprint density at radius 2 is 1.37 bits per heavy atom. The molecule has 38 heavy (non-hydrogen) atoms. The molecule has 0 aliphatic heterocycles. The number of hydrogen-bond donors (Lipinski definition) is 2. The lowest BCUT2D eigenvalue weighted by Gasteiger charge is -2.31. The SMILES string of the molecule is CCOC(=O)OC(C)C(C)C(c1ccc(OC(=O)OC(C)(C)C)c(OC(=O)OC(C)(C)C)c1)[C@H](N)C(=O)O. The van der Waals surface area contributed by atoms with Crippen LogP contribution in [-0.2, 0) is 23.7 Å². The van der Waals surface area contributed by atoms with E-state index in [0.717, 1.165) is 0 Å². The van der Waals surface area contributed by atoms with E-state index in [1.165, 1.54) is 18.2 Å². The molecule has 1 rings (SSSR count). The number of rotatable bonds is 9. The van der Waals surface area contributed by atoms with Crippen LogP contribution >= 0.6 is 0 Å². The van der Waals surface area contributed by atoms with E-state index in [9.17, 15) is 24.3 Å². The summed E-state index contributed by atoms with van der Waals surface area (Å²) in [5, 5.41) is 9.69. The van der Waals surface area contributed by atoms with Gasteiger partial charge in [-0.15, -0.1) is 0 Å². The molecule has 0 saturated heterocycles. The summed E-state index contributed by atoms with van der Waals surface area (Å²) in [4.78, 5) is 48.4. The number of nitrogens with two attached hydrogens (primary N) is 1. The highest BCUT2D eigenvalue weighted by molar-refractivity contribution is 5.75. The average Bonchev–Trinajstić information content (AvgIpc) is 2.72. The lowest BCUT2D eigenvalue weighted by Crippen LogP contribution is -2.42. The third-order valence-electron chi connectivity index (χ3n) is 5.04. The van der Waals surface area contributed by atoms with E-state index in [2.05, 4.69) is 0 Å². The third kappa shape index (κ3) is 10.8. The summed E-state index contributed by atoms with van der Waals surface area (Å²) < 4.78 is 31.0. The number of carbonyl (C=O) groups is 4. The standard InChI is InChI=1S/C26H39NO11/c1-10-33-22(30)34-15(3)14(2)19(20(27)21(28)29)16-11-12-17(35-23(31)37-25(4,5)6)18(13-16)36-24(32)38-26(7,8)9/h11-15,19-20H,10,27H2,1-9H3,(H,28,29)/t14?,15?,19?,20-/m0/s1. The molecule has 3 N–H and O–H groups in total. The molecule has 0 bridgehead atoms. The van der Waals surface area contributed by atoms with Crippen molar-refractivity contribution in [2.75, 3.05) is 6.61 Å². The summed E-state index contributed by atoms with van der Waals surface area (Å²) in [5.74, 6) is -3.31. The lowest BCUT2D eigenvalue weighted by atomic mass is 9.79. The van der Waals surface area contributed by atoms with Gasteiger partial charge in [-0.3, -0.25) is 4.79 Å². The maximum atomic E-state index is 12.4. The van der Waals surface area contributed by atoms with E-state index in [0.29, 0.717) is 5.56 Å². The maximum Gasteiger partial charge on any atom is 0.514 e. The molecule has 0 heterocycles. The quantitative estimate of drug-likeness (QED) is 0.244. The van der Waals surface area contributed by atoms with Gasteiger partial charge in [-0.1, -0.05) is 13.0 Å². The molecule has 0 amide bonds. The summed E-state index contributed by atoms with van der Waals surface area (Å²) >= 11 is 0. The minimum absolute atomic E-state index is 0.0997. The molecular formula is C26H39NO11. The second-order valence-electron chi connectivity index (χ2n) is 10.6. The van der Waals surface area contributed by atoms with E-state index in [-0.39, 0.29) is 18.1 Å². The fraction of sp³-hybridized carbons (Fsp3) is 0.615. The van der Waals surface area contributed by atoms with Crippen LogP contribution in [0.3, 0.4) is 0 Å². The van der Waals surface area contributed by atoms with E-state index >= 15 is 0 Å². The predicted molar refractivity (Wildman–Crippen MR) is 135 cm³/mol. The Bertz CT molecular complexity index is 994. The van der Waals surface area contributed by atoms with Crippen molar-refractivity contribution in [1.82, 2.24) is 0 Å². The van der Waals surface area contributed by atoms with Crippen LogP contribution in [0.5, 0.6) is 11.5 Å². The highest BCUT2D eigenvalue weighted by Gasteiger charge is 2.36. The smallest absolute Gasteiger partial charge is 0.480 e. The lowest BCUT2D eigenvalue weighted by molar-refractivity contribution is -0.139. The Balaban J connectivity index is 3.50.